The third-order valence-electron chi connectivity index (χ3n) is 2.56. The lowest BCUT2D eigenvalue weighted by molar-refractivity contribution is -0.120. The average molecular weight is 266 g/mol. The van der Waals surface area contributed by atoms with Gasteiger partial charge in [-0.15, -0.1) is 0 Å². The molecule has 0 aromatic heterocycles. The molecule has 1 rings (SSSR count). The number of carbonyl (C=O) groups is 1. The Hall–Kier alpha value is -1.75. The molecule has 1 amide bonds. The van der Waals surface area contributed by atoms with Gasteiger partial charge in [-0.25, -0.2) is 0 Å². The Bertz CT molecular complexity index is 408. The van der Waals surface area contributed by atoms with E-state index in [4.69, 9.17) is 4.74 Å². The summed E-state index contributed by atoms with van der Waals surface area (Å²) >= 11 is 0. The molecule has 0 atom stereocenters. The van der Waals surface area contributed by atoms with Gasteiger partial charge in [-0.1, -0.05) is 6.07 Å². The van der Waals surface area contributed by atoms with Crippen LogP contribution in [-0.2, 0) is 11.3 Å². The molecule has 0 saturated heterocycles. The van der Waals surface area contributed by atoms with Gasteiger partial charge >= 0.3 is 0 Å². The summed E-state index contributed by atoms with van der Waals surface area (Å²) in [5, 5.41) is 15.5. The van der Waals surface area contributed by atoms with Crippen molar-refractivity contribution < 1.29 is 14.6 Å². The summed E-state index contributed by atoms with van der Waals surface area (Å²) in [5.74, 6) is 0.689. The number of benzene rings is 1. The third kappa shape index (κ3) is 5.61. The van der Waals surface area contributed by atoms with Crippen molar-refractivity contribution in [2.45, 2.75) is 26.8 Å². The normalized spacial score (nSPS) is 10.2. The quantitative estimate of drug-likeness (QED) is 0.622. The summed E-state index contributed by atoms with van der Waals surface area (Å²) in [6, 6.07) is 5.25. The lowest BCUT2D eigenvalue weighted by Gasteiger charge is -2.09. The highest BCUT2D eigenvalue weighted by atomic mass is 16.5. The van der Waals surface area contributed by atoms with E-state index in [2.05, 4.69) is 10.6 Å². The number of carbonyl (C=O) groups excluding carboxylic acids is 1. The molecule has 0 fully saturated rings. The number of ether oxygens (including phenoxy) is 1. The van der Waals surface area contributed by atoms with Crippen LogP contribution in [0.25, 0.3) is 0 Å². The van der Waals surface area contributed by atoms with Crippen LogP contribution in [0.3, 0.4) is 0 Å². The van der Waals surface area contributed by atoms with Crippen molar-refractivity contribution in [3.05, 3.63) is 23.8 Å². The summed E-state index contributed by atoms with van der Waals surface area (Å²) in [6.07, 6.45) is 0.463. The highest BCUT2D eigenvalue weighted by molar-refractivity contribution is 5.75. The number of rotatable bonds is 8. The fraction of sp³-hybridized carbons (Fsp3) is 0.500. The Morgan fingerprint density at radius 1 is 1.37 bits per heavy atom. The van der Waals surface area contributed by atoms with Crippen LogP contribution in [-0.4, -0.2) is 30.7 Å². The standard InChI is InChI=1S/C14H22N2O3/c1-3-16-14(18)7-8-15-10-11-5-6-12(17)13(9-11)19-4-2/h5-6,9,15,17H,3-4,7-8,10H2,1-2H3,(H,16,18). The maximum absolute atomic E-state index is 11.2. The highest BCUT2D eigenvalue weighted by Gasteiger charge is 2.04. The van der Waals surface area contributed by atoms with Crippen LogP contribution >= 0.6 is 0 Å². The van der Waals surface area contributed by atoms with Gasteiger partial charge in [0.05, 0.1) is 6.61 Å². The number of nitrogens with one attached hydrogen (secondary N) is 2. The molecule has 19 heavy (non-hydrogen) atoms. The molecular formula is C14H22N2O3. The van der Waals surface area contributed by atoms with Gasteiger partial charge in [-0.05, 0) is 31.5 Å². The number of phenols is 1. The van der Waals surface area contributed by atoms with E-state index in [1.165, 1.54) is 0 Å². The first-order valence-corrected chi connectivity index (χ1v) is 6.59. The second kappa shape index (κ2) is 8.37. The Morgan fingerprint density at radius 3 is 2.84 bits per heavy atom. The zero-order valence-corrected chi connectivity index (χ0v) is 11.5. The Labute approximate surface area is 114 Å². The molecule has 0 unspecified atom stereocenters. The van der Waals surface area contributed by atoms with E-state index < -0.39 is 0 Å². The molecule has 0 radical (unpaired) electrons. The van der Waals surface area contributed by atoms with E-state index in [9.17, 15) is 9.90 Å². The van der Waals surface area contributed by atoms with Crippen LogP contribution in [0, 0.1) is 0 Å². The van der Waals surface area contributed by atoms with Crippen LogP contribution in [0.1, 0.15) is 25.8 Å². The van der Waals surface area contributed by atoms with Crippen molar-refractivity contribution in [3.8, 4) is 11.5 Å². The maximum atomic E-state index is 11.2. The van der Waals surface area contributed by atoms with Crippen molar-refractivity contribution >= 4 is 5.91 Å². The number of hydrogen-bond donors (Lipinski definition) is 3. The van der Waals surface area contributed by atoms with Crippen LogP contribution in [0.4, 0.5) is 0 Å². The first kappa shape index (κ1) is 15.3. The predicted molar refractivity (Wildman–Crippen MR) is 74.3 cm³/mol. The second-order valence-corrected chi connectivity index (χ2v) is 4.12. The Balaban J connectivity index is 2.37. The largest absolute Gasteiger partial charge is 0.504 e. The third-order valence-corrected chi connectivity index (χ3v) is 2.56. The van der Waals surface area contributed by atoms with Gasteiger partial charge in [0.2, 0.25) is 5.91 Å². The minimum atomic E-state index is 0.0516. The van der Waals surface area contributed by atoms with E-state index in [-0.39, 0.29) is 11.7 Å². The van der Waals surface area contributed by atoms with Gasteiger partial charge < -0.3 is 20.5 Å². The van der Waals surface area contributed by atoms with E-state index in [0.29, 0.717) is 38.4 Å². The highest BCUT2D eigenvalue weighted by Crippen LogP contribution is 2.26. The summed E-state index contributed by atoms with van der Waals surface area (Å²) in [4.78, 5) is 11.2. The minimum Gasteiger partial charge on any atom is -0.504 e. The van der Waals surface area contributed by atoms with Crippen LogP contribution in [0.5, 0.6) is 11.5 Å². The van der Waals surface area contributed by atoms with Gasteiger partial charge in [0.1, 0.15) is 0 Å². The molecule has 1 aromatic rings. The second-order valence-electron chi connectivity index (χ2n) is 4.12. The van der Waals surface area contributed by atoms with E-state index in [0.717, 1.165) is 5.56 Å². The van der Waals surface area contributed by atoms with E-state index in [1.807, 2.05) is 19.9 Å². The predicted octanol–water partition coefficient (Wildman–Crippen LogP) is 1.41. The molecule has 0 heterocycles. The number of phenolic OH excluding ortho intramolecular Hbond substituents is 1. The molecule has 106 valence electrons. The van der Waals surface area contributed by atoms with Crippen molar-refractivity contribution in [2.24, 2.45) is 0 Å². The van der Waals surface area contributed by atoms with Gasteiger partial charge in [0.15, 0.2) is 11.5 Å². The van der Waals surface area contributed by atoms with Crippen molar-refractivity contribution in [2.75, 3.05) is 19.7 Å². The van der Waals surface area contributed by atoms with Gasteiger partial charge in [0, 0.05) is 26.1 Å². The van der Waals surface area contributed by atoms with Crippen LogP contribution < -0.4 is 15.4 Å². The molecule has 0 saturated carbocycles. The van der Waals surface area contributed by atoms with Gasteiger partial charge in [0.25, 0.3) is 0 Å². The minimum absolute atomic E-state index is 0.0516. The number of amides is 1. The number of aromatic hydroxyl groups is 1. The van der Waals surface area contributed by atoms with Gasteiger partial charge in [-0.2, -0.15) is 0 Å². The van der Waals surface area contributed by atoms with E-state index >= 15 is 0 Å². The zero-order valence-electron chi connectivity index (χ0n) is 11.5. The lowest BCUT2D eigenvalue weighted by Crippen LogP contribution is -2.27. The SMILES string of the molecule is CCNC(=O)CCNCc1ccc(O)c(OCC)c1. The van der Waals surface area contributed by atoms with Crippen molar-refractivity contribution in [1.29, 1.82) is 0 Å². The van der Waals surface area contributed by atoms with Crippen molar-refractivity contribution in [1.82, 2.24) is 10.6 Å². The van der Waals surface area contributed by atoms with Gasteiger partial charge in [-0.3, -0.25) is 4.79 Å². The average Bonchev–Trinajstić information content (AvgIpc) is 2.39. The zero-order chi connectivity index (χ0) is 14.1. The molecule has 0 spiro atoms. The molecule has 5 heteroatoms. The molecule has 0 aliphatic heterocycles. The number of hydrogen-bond acceptors (Lipinski definition) is 4. The monoisotopic (exact) mass is 266 g/mol. The smallest absolute Gasteiger partial charge is 0.221 e. The summed E-state index contributed by atoms with van der Waals surface area (Å²) in [7, 11) is 0. The molecule has 0 bridgehead atoms. The van der Waals surface area contributed by atoms with Crippen LogP contribution in [0.2, 0.25) is 0 Å². The Morgan fingerprint density at radius 2 is 2.16 bits per heavy atom. The van der Waals surface area contributed by atoms with E-state index in [1.54, 1.807) is 12.1 Å². The molecular weight excluding hydrogens is 244 g/mol. The molecule has 1 aromatic carbocycles. The fourth-order valence-electron chi connectivity index (χ4n) is 1.66. The maximum Gasteiger partial charge on any atom is 0.221 e. The summed E-state index contributed by atoms with van der Waals surface area (Å²) in [5.41, 5.74) is 1.01. The molecule has 0 aliphatic carbocycles. The topological polar surface area (TPSA) is 70.6 Å². The molecule has 3 N–H and O–H groups in total. The van der Waals surface area contributed by atoms with Crippen molar-refractivity contribution in [3.63, 3.8) is 0 Å². The first-order chi connectivity index (χ1) is 9.17. The fourth-order valence-corrected chi connectivity index (χ4v) is 1.66. The first-order valence-electron chi connectivity index (χ1n) is 6.59. The lowest BCUT2D eigenvalue weighted by atomic mass is 10.2. The molecule has 0 aliphatic rings. The molecule has 5 nitrogen and oxygen atoms in total. The summed E-state index contributed by atoms with van der Waals surface area (Å²) < 4.78 is 5.31. The Kier molecular flexibility index (Phi) is 6.74. The summed E-state index contributed by atoms with van der Waals surface area (Å²) in [6.45, 7) is 6.21. The van der Waals surface area contributed by atoms with Crippen LogP contribution in [0.15, 0.2) is 18.2 Å².